The van der Waals surface area contributed by atoms with Crippen LogP contribution in [0.25, 0.3) is 0 Å². The summed E-state index contributed by atoms with van der Waals surface area (Å²) in [6.07, 6.45) is 18.0. The summed E-state index contributed by atoms with van der Waals surface area (Å²) < 4.78 is 0. The maximum absolute atomic E-state index is 11.3. The van der Waals surface area contributed by atoms with Crippen LogP contribution in [0, 0.1) is 24.7 Å². The van der Waals surface area contributed by atoms with Crippen molar-refractivity contribution in [1.82, 2.24) is 0 Å². The molecule has 4 bridgehead atoms. The van der Waals surface area contributed by atoms with Gasteiger partial charge in [0.15, 0.2) is 0 Å². The molecule has 0 amide bonds. The molecule has 0 atom stereocenters. The second kappa shape index (κ2) is 6.94. The topological polar surface area (TPSA) is 32.6 Å². The molecular weight excluding hydrogens is 330 g/mol. The predicted molar refractivity (Wildman–Crippen MR) is 112 cm³/mol. The molecule has 0 heterocycles. The molecule has 5 aliphatic carbocycles. The van der Waals surface area contributed by atoms with E-state index in [-0.39, 0.29) is 5.41 Å². The molecule has 146 valence electrons. The Kier molecular flexibility index (Phi) is 4.57. The van der Waals surface area contributed by atoms with Crippen LogP contribution in [0.3, 0.4) is 0 Å². The number of aliphatic imine (C=N–C) groups is 1. The zero-order valence-corrected chi connectivity index (χ0v) is 16.9. The summed E-state index contributed by atoms with van der Waals surface area (Å²) in [6.45, 7) is 2.19. The van der Waals surface area contributed by atoms with Gasteiger partial charge in [-0.25, -0.2) is 0 Å². The van der Waals surface area contributed by atoms with Gasteiger partial charge in [-0.1, -0.05) is 31.7 Å². The highest BCUT2D eigenvalue weighted by molar-refractivity contribution is 5.85. The van der Waals surface area contributed by atoms with Gasteiger partial charge in [-0.3, -0.25) is 4.99 Å². The van der Waals surface area contributed by atoms with Crippen molar-refractivity contribution in [2.75, 3.05) is 0 Å². The first-order chi connectivity index (χ1) is 13.1. The van der Waals surface area contributed by atoms with Crippen molar-refractivity contribution in [3.8, 4) is 5.75 Å². The number of hydrogen-bond acceptors (Lipinski definition) is 2. The van der Waals surface area contributed by atoms with Gasteiger partial charge in [-0.15, -0.1) is 0 Å². The lowest BCUT2D eigenvalue weighted by Gasteiger charge is -2.57. The quantitative estimate of drug-likeness (QED) is 0.494. The smallest absolute Gasteiger partial charge is 0.128 e. The van der Waals surface area contributed by atoms with Gasteiger partial charge in [0.05, 0.1) is 0 Å². The molecule has 1 N–H and O–H groups in total. The number of phenols is 1. The van der Waals surface area contributed by atoms with E-state index in [2.05, 4.69) is 19.1 Å². The van der Waals surface area contributed by atoms with Crippen LogP contribution in [-0.4, -0.2) is 17.4 Å². The summed E-state index contributed by atoms with van der Waals surface area (Å²) >= 11 is 0. The Labute approximate surface area is 164 Å². The Hall–Kier alpha value is -1.31. The number of phenolic OH excluding ortho intramolecular Hbond substituents is 1. The molecule has 0 saturated heterocycles. The Morgan fingerprint density at radius 1 is 0.926 bits per heavy atom. The Morgan fingerprint density at radius 3 is 2.11 bits per heavy atom. The summed E-state index contributed by atoms with van der Waals surface area (Å²) in [4.78, 5) is 4.92. The van der Waals surface area contributed by atoms with Crippen LogP contribution in [0.4, 0.5) is 0 Å². The van der Waals surface area contributed by atoms with Gasteiger partial charge >= 0.3 is 0 Å². The lowest BCUT2D eigenvalue weighted by Crippen LogP contribution is -2.48. The Bertz CT molecular complexity index is 691. The first-order valence-corrected chi connectivity index (χ1v) is 11.5. The minimum atomic E-state index is 0.246. The molecule has 0 unspecified atom stereocenters. The fourth-order valence-electron chi connectivity index (χ4n) is 7.34. The second-order valence-electron chi connectivity index (χ2n) is 10.4. The number of nitrogens with zero attached hydrogens (tertiary/aromatic N) is 1. The van der Waals surface area contributed by atoms with Crippen molar-refractivity contribution in [2.45, 2.75) is 95.4 Å². The number of aromatic hydroxyl groups is 1. The van der Waals surface area contributed by atoms with Gasteiger partial charge in [0.1, 0.15) is 5.75 Å². The van der Waals surface area contributed by atoms with Crippen LogP contribution >= 0.6 is 0 Å². The van der Waals surface area contributed by atoms with Crippen molar-refractivity contribution in [3.63, 3.8) is 0 Å². The maximum Gasteiger partial charge on any atom is 0.128 e. The summed E-state index contributed by atoms with van der Waals surface area (Å²) in [7, 11) is 0. The van der Waals surface area contributed by atoms with E-state index in [9.17, 15) is 5.11 Å². The van der Waals surface area contributed by atoms with Crippen molar-refractivity contribution >= 4 is 6.21 Å². The van der Waals surface area contributed by atoms with Crippen LogP contribution < -0.4 is 0 Å². The van der Waals surface area contributed by atoms with Gasteiger partial charge in [0, 0.05) is 23.4 Å². The summed E-state index contributed by atoms with van der Waals surface area (Å²) in [5.41, 5.74) is 3.74. The van der Waals surface area contributed by atoms with Crippen molar-refractivity contribution < 1.29 is 5.11 Å². The summed E-state index contributed by atoms with van der Waals surface area (Å²) in [5.74, 6) is 3.25. The zero-order valence-electron chi connectivity index (χ0n) is 16.9. The molecule has 5 aliphatic rings. The Morgan fingerprint density at radius 2 is 1.52 bits per heavy atom. The number of aryl methyl sites for hydroxylation is 1. The van der Waals surface area contributed by atoms with Crippen molar-refractivity contribution in [3.05, 3.63) is 28.8 Å². The SMILES string of the molecule is Cc1cc(C=NC2CCCCCC2)c(O)c(C23CC4CC(CC(C4)C2)C3)c1. The molecule has 6 rings (SSSR count). The summed E-state index contributed by atoms with van der Waals surface area (Å²) in [6, 6.07) is 4.89. The molecular formula is C25H35NO. The van der Waals surface area contributed by atoms with Gasteiger partial charge in [0.2, 0.25) is 0 Å². The standard InChI is InChI=1S/C25H35NO/c1-17-8-21(16-26-22-6-4-2-3-5-7-22)24(27)23(9-17)25-13-18-10-19(14-25)12-20(11-18)15-25/h8-9,16,18-20,22,27H,2-7,10-15H2,1H3. The normalized spacial score (nSPS) is 36.4. The largest absolute Gasteiger partial charge is 0.507 e. The van der Waals surface area contributed by atoms with Crippen LogP contribution in [0.2, 0.25) is 0 Å². The molecule has 2 nitrogen and oxygen atoms in total. The average molecular weight is 366 g/mol. The van der Waals surface area contributed by atoms with E-state index in [1.165, 1.54) is 88.2 Å². The van der Waals surface area contributed by atoms with E-state index in [0.717, 1.165) is 23.3 Å². The van der Waals surface area contributed by atoms with Gasteiger partial charge < -0.3 is 5.11 Å². The van der Waals surface area contributed by atoms with Crippen molar-refractivity contribution in [2.24, 2.45) is 22.7 Å². The lowest BCUT2D eigenvalue weighted by atomic mass is 9.48. The van der Waals surface area contributed by atoms with E-state index >= 15 is 0 Å². The second-order valence-corrected chi connectivity index (χ2v) is 10.4. The molecule has 1 aromatic carbocycles. The number of rotatable bonds is 3. The highest BCUT2D eigenvalue weighted by Crippen LogP contribution is 2.62. The van der Waals surface area contributed by atoms with E-state index in [1.807, 2.05) is 6.21 Å². The van der Waals surface area contributed by atoms with Crippen LogP contribution in [0.5, 0.6) is 5.75 Å². The third kappa shape index (κ3) is 3.34. The van der Waals surface area contributed by atoms with Gasteiger partial charge in [-0.2, -0.15) is 0 Å². The summed E-state index contributed by atoms with van der Waals surface area (Å²) in [5, 5.41) is 11.3. The minimum absolute atomic E-state index is 0.246. The third-order valence-electron chi connectivity index (χ3n) is 8.14. The fourth-order valence-corrected chi connectivity index (χ4v) is 7.34. The lowest BCUT2D eigenvalue weighted by molar-refractivity contribution is -0.00616. The monoisotopic (exact) mass is 365 g/mol. The fraction of sp³-hybridized carbons (Fsp3) is 0.720. The van der Waals surface area contributed by atoms with E-state index in [4.69, 9.17) is 4.99 Å². The van der Waals surface area contributed by atoms with Gasteiger partial charge in [-0.05, 0) is 93.1 Å². The van der Waals surface area contributed by atoms with Crippen LogP contribution in [0.1, 0.15) is 93.7 Å². The minimum Gasteiger partial charge on any atom is -0.507 e. The number of benzene rings is 1. The van der Waals surface area contributed by atoms with Crippen LogP contribution in [0.15, 0.2) is 17.1 Å². The molecule has 1 aromatic rings. The van der Waals surface area contributed by atoms with E-state index in [1.54, 1.807) is 0 Å². The van der Waals surface area contributed by atoms with Crippen molar-refractivity contribution in [1.29, 1.82) is 0 Å². The molecule has 0 spiro atoms. The third-order valence-corrected chi connectivity index (χ3v) is 8.14. The molecule has 0 aliphatic heterocycles. The predicted octanol–water partition coefficient (Wildman–Crippen LogP) is 6.31. The zero-order chi connectivity index (χ0) is 18.4. The molecule has 5 saturated carbocycles. The maximum atomic E-state index is 11.3. The average Bonchev–Trinajstić information content (AvgIpc) is 2.90. The number of hydrogen-bond donors (Lipinski definition) is 1. The Balaban J connectivity index is 1.46. The van der Waals surface area contributed by atoms with Crippen LogP contribution in [-0.2, 0) is 5.41 Å². The first-order valence-electron chi connectivity index (χ1n) is 11.5. The molecule has 27 heavy (non-hydrogen) atoms. The highest BCUT2D eigenvalue weighted by atomic mass is 16.3. The molecule has 5 fully saturated rings. The molecule has 0 aromatic heterocycles. The first kappa shape index (κ1) is 17.8. The molecule has 2 heteroatoms. The highest BCUT2D eigenvalue weighted by Gasteiger charge is 2.52. The molecule has 0 radical (unpaired) electrons. The van der Waals surface area contributed by atoms with Gasteiger partial charge in [0.25, 0.3) is 0 Å². The van der Waals surface area contributed by atoms with E-state index in [0.29, 0.717) is 11.8 Å². The van der Waals surface area contributed by atoms with E-state index < -0.39 is 0 Å².